The van der Waals surface area contributed by atoms with Crippen LogP contribution in [0.2, 0.25) is 10.0 Å². The number of rotatable bonds is 5. The van der Waals surface area contributed by atoms with Crippen molar-refractivity contribution in [1.29, 1.82) is 0 Å². The summed E-state index contributed by atoms with van der Waals surface area (Å²) in [5.74, 6) is 2.61. The van der Waals surface area contributed by atoms with Gasteiger partial charge in [-0.25, -0.2) is 0 Å². The van der Waals surface area contributed by atoms with Gasteiger partial charge < -0.3 is 18.6 Å². The van der Waals surface area contributed by atoms with Crippen molar-refractivity contribution in [2.24, 2.45) is 0 Å². The molecule has 0 radical (unpaired) electrons. The Morgan fingerprint density at radius 1 is 1.19 bits per heavy atom. The molecule has 32 heavy (non-hydrogen) atoms. The molecule has 0 amide bonds. The Bertz CT molecular complexity index is 1210. The Balaban J connectivity index is 1.45. The van der Waals surface area contributed by atoms with Gasteiger partial charge in [-0.1, -0.05) is 23.2 Å². The predicted octanol–water partition coefficient (Wildman–Crippen LogP) is 5.79. The van der Waals surface area contributed by atoms with Gasteiger partial charge in [0.1, 0.15) is 5.76 Å². The number of methoxy groups -OCH3 is 1. The smallest absolute Gasteiger partial charge is 0.231 e. The largest absolute Gasteiger partial charge is 0.492 e. The summed E-state index contributed by atoms with van der Waals surface area (Å²) < 4.78 is 22.8. The average Bonchev–Trinajstić information content (AvgIpc) is 3.44. The summed E-state index contributed by atoms with van der Waals surface area (Å²) in [5.41, 5.74) is 2.76. The number of fused-ring (bicyclic) bond motifs is 2. The van der Waals surface area contributed by atoms with Gasteiger partial charge in [0.05, 0.1) is 12.1 Å². The van der Waals surface area contributed by atoms with E-state index in [1.165, 1.54) is 0 Å². The molecule has 0 N–H and O–H groups in total. The predicted molar refractivity (Wildman–Crippen MR) is 121 cm³/mol. The number of likely N-dealkylation sites (N-methyl/N-ethyl adjacent to an activating group) is 1. The number of ether oxygens (including phenoxy) is 3. The molecule has 0 saturated carbocycles. The number of hydrogen-bond acceptors (Lipinski definition) is 6. The summed E-state index contributed by atoms with van der Waals surface area (Å²) in [4.78, 5) is 15.4. The highest BCUT2D eigenvalue weighted by atomic mass is 35.5. The zero-order valence-corrected chi connectivity index (χ0v) is 19.1. The summed E-state index contributed by atoms with van der Waals surface area (Å²) >= 11 is 12.3. The summed E-state index contributed by atoms with van der Waals surface area (Å²) in [5, 5.41) is 1.00. The molecule has 5 rings (SSSR count). The first kappa shape index (κ1) is 21.2. The topological polar surface area (TPSA) is 61.1 Å². The second-order valence-corrected chi connectivity index (χ2v) is 8.72. The number of hydrogen-bond donors (Lipinski definition) is 0. The second-order valence-electron chi connectivity index (χ2n) is 7.88. The number of ketones is 1. The van der Waals surface area contributed by atoms with Crippen LogP contribution in [0.25, 0.3) is 11.3 Å². The highest BCUT2D eigenvalue weighted by molar-refractivity contribution is 6.36. The Labute approximate surface area is 195 Å². The first-order valence-electron chi connectivity index (χ1n) is 10.2. The lowest BCUT2D eigenvalue weighted by Crippen LogP contribution is -2.34. The van der Waals surface area contributed by atoms with Crippen molar-refractivity contribution < 1.29 is 23.4 Å². The van der Waals surface area contributed by atoms with Gasteiger partial charge in [0.15, 0.2) is 23.0 Å². The summed E-state index contributed by atoms with van der Waals surface area (Å²) in [6.45, 7) is 0.980. The molecule has 0 spiro atoms. The van der Waals surface area contributed by atoms with Crippen LogP contribution in [0.1, 0.15) is 34.1 Å². The van der Waals surface area contributed by atoms with Crippen LogP contribution in [0.3, 0.4) is 0 Å². The summed E-state index contributed by atoms with van der Waals surface area (Å²) in [6.07, 6.45) is 1.07. The number of furan rings is 1. The van der Waals surface area contributed by atoms with E-state index in [-0.39, 0.29) is 30.8 Å². The highest BCUT2D eigenvalue weighted by Crippen LogP contribution is 2.50. The van der Waals surface area contributed by atoms with Crippen LogP contribution < -0.4 is 14.2 Å². The van der Waals surface area contributed by atoms with Crippen molar-refractivity contribution in [3.8, 4) is 28.6 Å². The minimum Gasteiger partial charge on any atom is -0.492 e. The fraction of sp³-hybridized carbons (Fsp3) is 0.292. The second kappa shape index (κ2) is 8.35. The van der Waals surface area contributed by atoms with Gasteiger partial charge >= 0.3 is 0 Å². The molecule has 3 aromatic rings. The first-order valence-corrected chi connectivity index (χ1v) is 11.0. The zero-order chi connectivity index (χ0) is 22.4. The molecular weight excluding hydrogens is 453 g/mol. The van der Waals surface area contributed by atoms with Crippen molar-refractivity contribution in [3.05, 3.63) is 63.3 Å². The molecule has 0 saturated heterocycles. The fourth-order valence-corrected chi connectivity index (χ4v) is 4.88. The van der Waals surface area contributed by atoms with E-state index in [1.807, 2.05) is 13.1 Å². The molecule has 2 aliphatic rings. The van der Waals surface area contributed by atoms with E-state index < -0.39 is 0 Å². The maximum absolute atomic E-state index is 13.2. The molecule has 0 fully saturated rings. The lowest BCUT2D eigenvalue weighted by Gasteiger charge is -2.35. The molecule has 3 heterocycles. The SMILES string of the molecule is COc1c2c(cc3c1[C@@H](CC(=O)c1ccc(-c4ccc(Cl)cc4Cl)o1)N(C)CC3)OCO2. The summed E-state index contributed by atoms with van der Waals surface area (Å²) in [6, 6.07) is 10.4. The average molecular weight is 474 g/mol. The quantitative estimate of drug-likeness (QED) is 0.436. The highest BCUT2D eigenvalue weighted by Gasteiger charge is 2.35. The van der Waals surface area contributed by atoms with Gasteiger partial charge in [-0.15, -0.1) is 0 Å². The van der Waals surface area contributed by atoms with Crippen LogP contribution >= 0.6 is 23.2 Å². The Kier molecular flexibility index (Phi) is 5.53. The monoisotopic (exact) mass is 473 g/mol. The molecule has 166 valence electrons. The lowest BCUT2D eigenvalue weighted by atomic mass is 9.88. The Morgan fingerprint density at radius 3 is 2.81 bits per heavy atom. The van der Waals surface area contributed by atoms with E-state index in [1.54, 1.807) is 37.4 Å². The fourth-order valence-electron chi connectivity index (χ4n) is 4.38. The van der Waals surface area contributed by atoms with Crippen LogP contribution in [-0.4, -0.2) is 38.2 Å². The lowest BCUT2D eigenvalue weighted by molar-refractivity contribution is 0.0899. The molecule has 1 aromatic heterocycles. The van der Waals surface area contributed by atoms with Gasteiger partial charge in [0, 0.05) is 35.2 Å². The molecule has 2 aromatic carbocycles. The van der Waals surface area contributed by atoms with E-state index in [2.05, 4.69) is 4.90 Å². The van der Waals surface area contributed by atoms with Crippen LogP contribution in [0.4, 0.5) is 0 Å². The van der Waals surface area contributed by atoms with E-state index >= 15 is 0 Å². The van der Waals surface area contributed by atoms with Crippen molar-refractivity contribution in [1.82, 2.24) is 4.90 Å². The molecule has 1 atom stereocenters. The van der Waals surface area contributed by atoms with Gasteiger partial charge in [-0.2, -0.15) is 0 Å². The Morgan fingerprint density at radius 2 is 2.03 bits per heavy atom. The van der Waals surface area contributed by atoms with E-state index in [9.17, 15) is 4.79 Å². The summed E-state index contributed by atoms with van der Waals surface area (Å²) in [7, 11) is 3.62. The van der Waals surface area contributed by atoms with Crippen molar-refractivity contribution in [2.45, 2.75) is 18.9 Å². The maximum Gasteiger partial charge on any atom is 0.231 e. The van der Waals surface area contributed by atoms with Gasteiger partial charge in [-0.3, -0.25) is 9.69 Å². The maximum atomic E-state index is 13.2. The van der Waals surface area contributed by atoms with Gasteiger partial charge in [0.25, 0.3) is 0 Å². The molecule has 0 unspecified atom stereocenters. The molecular formula is C24H21Cl2NO5. The number of benzene rings is 2. The van der Waals surface area contributed by atoms with E-state index in [0.717, 1.165) is 24.1 Å². The Hall–Kier alpha value is -2.67. The van der Waals surface area contributed by atoms with Crippen LogP contribution in [-0.2, 0) is 6.42 Å². The van der Waals surface area contributed by atoms with Crippen LogP contribution in [0.5, 0.6) is 17.2 Å². The molecule has 2 aliphatic heterocycles. The number of nitrogens with zero attached hydrogens (tertiary/aromatic N) is 1. The molecule has 8 heteroatoms. The van der Waals surface area contributed by atoms with Crippen molar-refractivity contribution in [2.75, 3.05) is 27.5 Å². The number of carbonyl (C=O) groups excluding carboxylic acids is 1. The third-order valence-corrected chi connectivity index (χ3v) is 6.55. The first-order chi connectivity index (χ1) is 15.5. The number of Topliss-reactive ketones (excluding diaryl/α,β-unsaturated/α-hetero) is 1. The molecule has 0 bridgehead atoms. The molecule has 0 aliphatic carbocycles. The minimum atomic E-state index is -0.177. The van der Waals surface area contributed by atoms with Crippen LogP contribution in [0, 0.1) is 0 Å². The third kappa shape index (κ3) is 3.62. The van der Waals surface area contributed by atoms with Crippen molar-refractivity contribution >= 4 is 29.0 Å². The zero-order valence-electron chi connectivity index (χ0n) is 17.6. The van der Waals surface area contributed by atoms with E-state index in [4.69, 9.17) is 41.8 Å². The van der Waals surface area contributed by atoms with Gasteiger partial charge in [-0.05, 0) is 55.4 Å². The molecule has 6 nitrogen and oxygen atoms in total. The van der Waals surface area contributed by atoms with Crippen molar-refractivity contribution in [3.63, 3.8) is 0 Å². The van der Waals surface area contributed by atoms with Crippen LogP contribution in [0.15, 0.2) is 40.8 Å². The number of carbonyl (C=O) groups is 1. The third-order valence-electron chi connectivity index (χ3n) is 6.00. The standard InChI is InChI=1S/C24H21Cl2NO5/c1-27-8-7-13-9-21-23(31-12-30-21)24(29-2)22(13)17(27)11-18(28)20-6-5-19(32-20)15-4-3-14(25)10-16(15)26/h3-6,9-10,17H,7-8,11-12H2,1-2H3/t17-/m1/s1. The normalized spacial score (nSPS) is 17.3. The van der Waals surface area contributed by atoms with Gasteiger partial charge in [0.2, 0.25) is 12.5 Å². The number of halogens is 2. The minimum absolute atomic E-state index is 0.106. The van der Waals surface area contributed by atoms with E-state index in [0.29, 0.717) is 38.6 Å².